The highest BCUT2D eigenvalue weighted by Crippen LogP contribution is 2.62. The number of nitrogens with zero attached hydrogens (tertiary/aromatic N) is 3. The van der Waals surface area contributed by atoms with E-state index in [9.17, 15) is 15.8 Å². The molecule has 2 aliphatic heterocycles. The van der Waals surface area contributed by atoms with Gasteiger partial charge in [0.05, 0.1) is 30.2 Å². The van der Waals surface area contributed by atoms with Gasteiger partial charge in [-0.1, -0.05) is 71.6 Å². The predicted octanol–water partition coefficient (Wildman–Crippen LogP) is 5.21. The molecular formula is C22H32N4O2. The van der Waals surface area contributed by atoms with E-state index in [0.29, 0.717) is 6.42 Å². The highest BCUT2D eigenvalue weighted by molar-refractivity contribution is 5.89. The van der Waals surface area contributed by atoms with Gasteiger partial charge in [-0.15, -0.1) is 0 Å². The molecule has 6 nitrogen and oxygen atoms in total. The summed E-state index contributed by atoms with van der Waals surface area (Å²) < 4.78 is 11.7. The minimum absolute atomic E-state index is 0.317. The lowest BCUT2D eigenvalue weighted by atomic mass is 9.54. The molecule has 0 spiro atoms. The zero-order valence-electron chi connectivity index (χ0n) is 17.4. The van der Waals surface area contributed by atoms with Crippen molar-refractivity contribution in [3.05, 3.63) is 0 Å². The van der Waals surface area contributed by atoms with E-state index in [-0.39, 0.29) is 5.90 Å². The molecule has 2 saturated heterocycles. The van der Waals surface area contributed by atoms with Crippen molar-refractivity contribution in [1.29, 1.82) is 21.2 Å². The van der Waals surface area contributed by atoms with Gasteiger partial charge >= 0.3 is 0 Å². The lowest BCUT2D eigenvalue weighted by Crippen LogP contribution is -2.61. The smallest absolute Gasteiger partial charge is 0.214 e. The van der Waals surface area contributed by atoms with Gasteiger partial charge in [0.25, 0.3) is 0 Å². The first-order valence-electron chi connectivity index (χ1n) is 10.6. The van der Waals surface area contributed by atoms with Crippen LogP contribution in [-0.4, -0.2) is 17.8 Å². The van der Waals surface area contributed by atoms with E-state index in [1.165, 1.54) is 38.5 Å². The maximum atomic E-state index is 9.94. The van der Waals surface area contributed by atoms with Crippen LogP contribution in [0.25, 0.3) is 0 Å². The standard InChI is InChI=1S/C22H32N4O2/c1-4-5-6-7-8-9-10-11-12-13-18-21(14-23,15-24)22(16-25)17(2)20(3,27-18)28-19(22)26/h17-18,26H,4-13H2,1-3H3. The van der Waals surface area contributed by atoms with E-state index in [1.807, 2.05) is 0 Å². The second kappa shape index (κ2) is 8.93. The summed E-state index contributed by atoms with van der Waals surface area (Å²) >= 11 is 0. The predicted molar refractivity (Wildman–Crippen MR) is 105 cm³/mol. The van der Waals surface area contributed by atoms with Crippen molar-refractivity contribution in [2.24, 2.45) is 16.7 Å². The third kappa shape index (κ3) is 3.38. The summed E-state index contributed by atoms with van der Waals surface area (Å²) in [6.45, 7) is 5.64. The summed E-state index contributed by atoms with van der Waals surface area (Å²) in [6.07, 6.45) is 10.3. The molecule has 2 rings (SSSR count). The lowest BCUT2D eigenvalue weighted by molar-refractivity contribution is -0.267. The van der Waals surface area contributed by atoms with Crippen LogP contribution in [0.3, 0.4) is 0 Å². The summed E-state index contributed by atoms with van der Waals surface area (Å²) in [5, 5.41) is 38.1. The Morgan fingerprint density at radius 1 is 0.929 bits per heavy atom. The zero-order valence-corrected chi connectivity index (χ0v) is 17.4. The van der Waals surface area contributed by atoms with E-state index in [1.54, 1.807) is 13.8 Å². The molecule has 2 heterocycles. The highest BCUT2D eigenvalue weighted by Gasteiger charge is 2.77. The molecule has 0 aromatic rings. The number of ether oxygens (including phenoxy) is 2. The van der Waals surface area contributed by atoms with Crippen molar-refractivity contribution in [1.82, 2.24) is 0 Å². The van der Waals surface area contributed by atoms with Crippen LogP contribution in [-0.2, 0) is 9.47 Å². The number of hydrogen-bond acceptors (Lipinski definition) is 6. The molecule has 0 aromatic carbocycles. The lowest BCUT2D eigenvalue weighted by Gasteiger charge is -2.47. The van der Waals surface area contributed by atoms with E-state index < -0.39 is 28.6 Å². The Labute approximate surface area is 168 Å². The van der Waals surface area contributed by atoms with Crippen LogP contribution in [0.2, 0.25) is 0 Å². The van der Waals surface area contributed by atoms with Gasteiger partial charge in [0.2, 0.25) is 11.7 Å². The molecule has 2 aliphatic rings. The van der Waals surface area contributed by atoms with Crippen LogP contribution in [0.15, 0.2) is 0 Å². The first-order valence-corrected chi connectivity index (χ1v) is 10.6. The Morgan fingerprint density at radius 3 is 1.96 bits per heavy atom. The fourth-order valence-electron chi connectivity index (χ4n) is 4.73. The molecule has 6 heteroatoms. The number of hydrogen-bond donors (Lipinski definition) is 1. The molecule has 0 aliphatic carbocycles. The van der Waals surface area contributed by atoms with Crippen molar-refractivity contribution in [2.45, 2.75) is 96.9 Å². The number of unbranched alkanes of at least 4 members (excludes halogenated alkanes) is 8. The topological polar surface area (TPSA) is 114 Å². The first kappa shape index (κ1) is 22.2. The Hall–Kier alpha value is -2.10. The monoisotopic (exact) mass is 384 g/mol. The Balaban J connectivity index is 2.01. The fourth-order valence-corrected chi connectivity index (χ4v) is 4.73. The van der Waals surface area contributed by atoms with Crippen LogP contribution in [0.5, 0.6) is 0 Å². The second-order valence-electron chi connectivity index (χ2n) is 8.34. The number of nitriles is 3. The van der Waals surface area contributed by atoms with Crippen molar-refractivity contribution < 1.29 is 9.47 Å². The van der Waals surface area contributed by atoms with Gasteiger partial charge in [0.1, 0.15) is 0 Å². The molecule has 0 radical (unpaired) electrons. The molecule has 152 valence electrons. The molecule has 28 heavy (non-hydrogen) atoms. The minimum atomic E-state index is -1.73. The summed E-state index contributed by atoms with van der Waals surface area (Å²) in [6, 6.07) is 6.25. The third-order valence-corrected chi connectivity index (χ3v) is 6.68. The first-order chi connectivity index (χ1) is 13.4. The molecule has 0 amide bonds. The normalized spacial score (nSPS) is 32.8. The third-order valence-electron chi connectivity index (χ3n) is 6.68. The number of rotatable bonds is 10. The van der Waals surface area contributed by atoms with Gasteiger partial charge in [-0.2, -0.15) is 15.8 Å². The average Bonchev–Trinajstić information content (AvgIpc) is 2.82. The summed E-state index contributed by atoms with van der Waals surface area (Å²) in [5.74, 6) is -2.03. The SMILES string of the molecule is CCCCCCCCCCCC1OC2(C)OC(=N)C(C#N)(C2C)C1(C#N)C#N. The molecule has 2 fully saturated rings. The largest absolute Gasteiger partial charge is 0.448 e. The average molecular weight is 385 g/mol. The summed E-state index contributed by atoms with van der Waals surface area (Å²) in [7, 11) is 0. The van der Waals surface area contributed by atoms with Crippen LogP contribution >= 0.6 is 0 Å². The maximum Gasteiger partial charge on any atom is 0.214 e. The Kier molecular flexibility index (Phi) is 7.08. The fraction of sp³-hybridized carbons (Fsp3) is 0.818. The number of fused-ring (bicyclic) bond motifs is 2. The molecule has 0 saturated carbocycles. The van der Waals surface area contributed by atoms with Gasteiger partial charge in [0, 0.05) is 6.92 Å². The van der Waals surface area contributed by atoms with Gasteiger partial charge in [-0.05, 0) is 6.42 Å². The molecule has 1 N–H and O–H groups in total. The van der Waals surface area contributed by atoms with Gasteiger partial charge in [-0.3, -0.25) is 5.41 Å². The quantitative estimate of drug-likeness (QED) is 0.519. The maximum absolute atomic E-state index is 9.94. The van der Waals surface area contributed by atoms with Gasteiger partial charge < -0.3 is 9.47 Å². The molecule has 0 aromatic heterocycles. The van der Waals surface area contributed by atoms with Crippen molar-refractivity contribution in [3.63, 3.8) is 0 Å². The summed E-state index contributed by atoms with van der Waals surface area (Å²) in [5.41, 5.74) is -3.32. The van der Waals surface area contributed by atoms with Crippen molar-refractivity contribution in [2.75, 3.05) is 0 Å². The van der Waals surface area contributed by atoms with Crippen LogP contribution in [0.1, 0.15) is 85.0 Å². The summed E-state index contributed by atoms with van der Waals surface area (Å²) in [4.78, 5) is 0. The van der Waals surface area contributed by atoms with E-state index >= 15 is 0 Å². The van der Waals surface area contributed by atoms with Crippen LogP contribution in [0, 0.1) is 56.2 Å². The van der Waals surface area contributed by atoms with E-state index in [4.69, 9.17) is 14.9 Å². The van der Waals surface area contributed by atoms with Gasteiger partial charge in [0.15, 0.2) is 10.8 Å². The minimum Gasteiger partial charge on any atom is -0.448 e. The molecule has 4 unspecified atom stereocenters. The highest BCUT2D eigenvalue weighted by atomic mass is 16.7. The van der Waals surface area contributed by atoms with E-state index in [0.717, 1.165) is 19.3 Å². The van der Waals surface area contributed by atoms with Crippen LogP contribution < -0.4 is 0 Å². The Morgan fingerprint density at radius 2 is 1.46 bits per heavy atom. The van der Waals surface area contributed by atoms with E-state index in [2.05, 4.69) is 25.1 Å². The zero-order chi connectivity index (χ0) is 20.8. The van der Waals surface area contributed by atoms with Gasteiger partial charge in [-0.25, -0.2) is 0 Å². The van der Waals surface area contributed by atoms with Crippen molar-refractivity contribution in [3.8, 4) is 18.2 Å². The second-order valence-corrected chi connectivity index (χ2v) is 8.34. The molecular weight excluding hydrogens is 352 g/mol. The van der Waals surface area contributed by atoms with Crippen LogP contribution in [0.4, 0.5) is 0 Å². The Bertz CT molecular complexity index is 687. The molecule has 4 atom stereocenters. The molecule has 2 bridgehead atoms. The van der Waals surface area contributed by atoms with Crippen molar-refractivity contribution >= 4 is 5.90 Å². The number of nitrogens with one attached hydrogen (secondary N) is 1.